The maximum atomic E-state index is 4.75. The van der Waals surface area contributed by atoms with Crippen molar-refractivity contribution in [1.82, 2.24) is 0 Å². The first kappa shape index (κ1) is 12.1. The monoisotopic (exact) mass is 266 g/mol. The third kappa shape index (κ3) is 2.43. The van der Waals surface area contributed by atoms with Crippen LogP contribution in [0.4, 0.5) is 5.69 Å². The van der Waals surface area contributed by atoms with Gasteiger partial charge in [-0.15, -0.1) is 0 Å². The van der Waals surface area contributed by atoms with Crippen molar-refractivity contribution >= 4 is 23.1 Å². The van der Waals surface area contributed by atoms with E-state index in [0.29, 0.717) is 0 Å². The number of anilines is 1. The van der Waals surface area contributed by atoms with Crippen molar-refractivity contribution in [3.63, 3.8) is 0 Å². The van der Waals surface area contributed by atoms with Gasteiger partial charge in [0.2, 0.25) is 0 Å². The number of benzene rings is 2. The minimum absolute atomic E-state index is 0.123. The highest BCUT2D eigenvalue weighted by Gasteiger charge is 2.27. The van der Waals surface area contributed by atoms with E-state index in [4.69, 9.17) is 12.2 Å². The summed E-state index contributed by atoms with van der Waals surface area (Å²) < 4.78 is 0. The highest BCUT2D eigenvalue weighted by atomic mass is 32.1. The van der Waals surface area contributed by atoms with Gasteiger partial charge >= 0.3 is 0 Å². The zero-order valence-electron chi connectivity index (χ0n) is 10.5. The molecule has 3 rings (SSSR count). The Morgan fingerprint density at radius 3 is 2.63 bits per heavy atom. The van der Waals surface area contributed by atoms with Gasteiger partial charge in [-0.1, -0.05) is 48.5 Å². The molecule has 1 aliphatic heterocycles. The van der Waals surface area contributed by atoms with Crippen molar-refractivity contribution in [3.05, 3.63) is 65.7 Å². The fraction of sp³-hybridized carbons (Fsp3) is 0.188. The SMILES string of the molecule is S=C=NC1CN(Cc2ccccc2)c2ccccc21. The molecule has 0 saturated heterocycles. The van der Waals surface area contributed by atoms with Gasteiger partial charge < -0.3 is 4.90 Å². The smallest absolute Gasteiger partial charge is 0.105 e. The van der Waals surface area contributed by atoms with Crippen LogP contribution in [0.2, 0.25) is 0 Å². The summed E-state index contributed by atoms with van der Waals surface area (Å²) in [5, 5.41) is 2.52. The van der Waals surface area contributed by atoms with E-state index in [1.54, 1.807) is 0 Å². The van der Waals surface area contributed by atoms with E-state index in [0.717, 1.165) is 13.1 Å². The first-order valence-corrected chi connectivity index (χ1v) is 6.74. The maximum absolute atomic E-state index is 4.75. The van der Waals surface area contributed by atoms with Crippen molar-refractivity contribution in [3.8, 4) is 0 Å². The number of hydrogen-bond acceptors (Lipinski definition) is 3. The molecule has 0 N–H and O–H groups in total. The van der Waals surface area contributed by atoms with Crippen molar-refractivity contribution in [2.45, 2.75) is 12.6 Å². The van der Waals surface area contributed by atoms with Crippen molar-refractivity contribution < 1.29 is 0 Å². The first-order chi connectivity index (χ1) is 9.38. The number of aliphatic imine (C=N–C) groups is 1. The predicted molar refractivity (Wildman–Crippen MR) is 81.7 cm³/mol. The molecule has 1 unspecified atom stereocenters. The molecule has 0 aliphatic carbocycles. The predicted octanol–water partition coefficient (Wildman–Crippen LogP) is 3.85. The minimum atomic E-state index is 0.123. The molecule has 2 nitrogen and oxygen atoms in total. The molecule has 0 amide bonds. The number of nitrogens with zero attached hydrogens (tertiary/aromatic N) is 2. The van der Waals surface area contributed by atoms with Gasteiger partial charge in [0.05, 0.1) is 5.16 Å². The molecule has 0 fully saturated rings. The molecular weight excluding hydrogens is 252 g/mol. The number of thiocarbonyl (C=S) groups is 1. The summed E-state index contributed by atoms with van der Waals surface area (Å²) in [7, 11) is 0. The molecule has 1 aliphatic rings. The Morgan fingerprint density at radius 2 is 1.84 bits per heavy atom. The number of isothiocyanates is 1. The average Bonchev–Trinajstić information content (AvgIpc) is 2.79. The second-order valence-electron chi connectivity index (χ2n) is 4.66. The fourth-order valence-corrected chi connectivity index (χ4v) is 2.72. The topological polar surface area (TPSA) is 15.6 Å². The Kier molecular flexibility index (Phi) is 3.41. The van der Waals surface area contributed by atoms with E-state index in [-0.39, 0.29) is 6.04 Å². The Labute approximate surface area is 118 Å². The van der Waals surface area contributed by atoms with Gasteiger partial charge in [-0.2, -0.15) is 0 Å². The second-order valence-corrected chi connectivity index (χ2v) is 4.84. The van der Waals surface area contributed by atoms with Crippen molar-refractivity contribution in [2.75, 3.05) is 11.4 Å². The van der Waals surface area contributed by atoms with Crippen molar-refractivity contribution in [1.29, 1.82) is 0 Å². The number of fused-ring (bicyclic) bond motifs is 1. The molecule has 1 atom stereocenters. The Morgan fingerprint density at radius 1 is 1.11 bits per heavy atom. The van der Waals surface area contributed by atoms with Gasteiger partial charge in [0.15, 0.2) is 0 Å². The number of para-hydroxylation sites is 1. The molecule has 94 valence electrons. The average molecular weight is 266 g/mol. The van der Waals surface area contributed by atoms with Crippen LogP contribution in [0.5, 0.6) is 0 Å². The highest BCUT2D eigenvalue weighted by molar-refractivity contribution is 7.78. The largest absolute Gasteiger partial charge is 0.364 e. The molecule has 0 spiro atoms. The summed E-state index contributed by atoms with van der Waals surface area (Å²) in [4.78, 5) is 6.63. The molecule has 0 saturated carbocycles. The number of hydrogen-bond donors (Lipinski definition) is 0. The molecule has 0 aromatic heterocycles. The van der Waals surface area contributed by atoms with Crippen LogP contribution in [0.1, 0.15) is 17.2 Å². The van der Waals surface area contributed by atoms with Crippen LogP contribution in [0.15, 0.2) is 59.6 Å². The lowest BCUT2D eigenvalue weighted by Gasteiger charge is -2.19. The summed E-state index contributed by atoms with van der Waals surface area (Å²) >= 11 is 4.75. The van der Waals surface area contributed by atoms with Gasteiger partial charge in [0.1, 0.15) is 6.04 Å². The second kappa shape index (κ2) is 5.35. The molecule has 1 heterocycles. The van der Waals surface area contributed by atoms with Crippen LogP contribution >= 0.6 is 12.2 Å². The van der Waals surface area contributed by atoms with Crippen LogP contribution in [0, 0.1) is 0 Å². The fourth-order valence-electron chi connectivity index (χ4n) is 2.59. The third-order valence-electron chi connectivity index (χ3n) is 3.45. The van der Waals surface area contributed by atoms with Gasteiger partial charge in [-0.25, -0.2) is 4.99 Å². The maximum Gasteiger partial charge on any atom is 0.105 e. The first-order valence-electron chi connectivity index (χ1n) is 6.33. The Balaban J connectivity index is 1.90. The van der Waals surface area contributed by atoms with E-state index in [1.807, 2.05) is 6.07 Å². The lowest BCUT2D eigenvalue weighted by molar-refractivity contribution is 0.726. The molecule has 3 heteroatoms. The molecule has 2 aromatic carbocycles. The summed E-state index contributed by atoms with van der Waals surface area (Å²) in [6.07, 6.45) is 0. The minimum Gasteiger partial charge on any atom is -0.364 e. The van der Waals surface area contributed by atoms with E-state index in [9.17, 15) is 0 Å². The molecule has 0 radical (unpaired) electrons. The zero-order valence-corrected chi connectivity index (χ0v) is 11.3. The van der Waals surface area contributed by atoms with Crippen LogP contribution < -0.4 is 4.90 Å². The molecule has 0 bridgehead atoms. The Hall–Kier alpha value is -1.96. The van der Waals surface area contributed by atoms with E-state index >= 15 is 0 Å². The van der Waals surface area contributed by atoms with E-state index in [2.05, 4.69) is 63.6 Å². The number of rotatable bonds is 3. The van der Waals surface area contributed by atoms with Crippen LogP contribution in [-0.2, 0) is 6.54 Å². The summed E-state index contributed by atoms with van der Waals surface area (Å²) in [6.45, 7) is 1.78. The molecule has 2 aromatic rings. The summed E-state index contributed by atoms with van der Waals surface area (Å²) in [5.41, 5.74) is 3.81. The van der Waals surface area contributed by atoms with Gasteiger partial charge in [-0.05, 0) is 23.8 Å². The summed E-state index contributed by atoms with van der Waals surface area (Å²) in [5.74, 6) is 0. The normalized spacial score (nSPS) is 16.8. The van der Waals surface area contributed by atoms with E-state index < -0.39 is 0 Å². The molecule has 19 heavy (non-hydrogen) atoms. The standard InChI is InChI=1S/C16H14N2S/c19-12-17-15-11-18(10-13-6-2-1-3-7-13)16-9-5-4-8-14(15)16/h1-9,15H,10-11H2. The van der Waals surface area contributed by atoms with Crippen LogP contribution in [0.3, 0.4) is 0 Å². The molecular formula is C16H14N2S. The quantitative estimate of drug-likeness (QED) is 0.619. The zero-order chi connectivity index (χ0) is 13.1. The highest BCUT2D eigenvalue weighted by Crippen LogP contribution is 2.37. The Bertz CT molecular complexity index is 618. The lowest BCUT2D eigenvalue weighted by Crippen LogP contribution is -2.20. The van der Waals surface area contributed by atoms with Crippen LogP contribution in [-0.4, -0.2) is 11.7 Å². The lowest BCUT2D eigenvalue weighted by atomic mass is 10.1. The van der Waals surface area contributed by atoms with Gasteiger partial charge in [-0.3, -0.25) is 0 Å². The van der Waals surface area contributed by atoms with Crippen molar-refractivity contribution in [2.24, 2.45) is 4.99 Å². The van der Waals surface area contributed by atoms with Gasteiger partial charge in [0, 0.05) is 24.3 Å². The summed E-state index contributed by atoms with van der Waals surface area (Å²) in [6, 6.07) is 19.0. The van der Waals surface area contributed by atoms with E-state index in [1.165, 1.54) is 16.8 Å². The van der Waals surface area contributed by atoms with Crippen LogP contribution in [0.25, 0.3) is 0 Å². The third-order valence-corrected chi connectivity index (χ3v) is 3.56. The van der Waals surface area contributed by atoms with Gasteiger partial charge in [0.25, 0.3) is 0 Å².